The first-order valence-corrected chi connectivity index (χ1v) is 7.68. The molecular weight excluding hydrogens is 314 g/mol. The molecule has 0 bridgehead atoms. The van der Waals surface area contributed by atoms with Gasteiger partial charge in [-0.05, 0) is 48.7 Å². The first-order valence-electron chi connectivity index (χ1n) is 7.68. The van der Waals surface area contributed by atoms with Crippen molar-refractivity contribution in [2.24, 2.45) is 0 Å². The van der Waals surface area contributed by atoms with Crippen molar-refractivity contribution in [3.63, 3.8) is 0 Å². The Hall–Kier alpha value is -2.92. The lowest BCUT2D eigenvalue weighted by molar-refractivity contribution is 0.501. The van der Waals surface area contributed by atoms with Gasteiger partial charge in [-0.3, -0.25) is 0 Å². The van der Waals surface area contributed by atoms with E-state index in [2.05, 4.69) is 43.0 Å². The van der Waals surface area contributed by atoms with Gasteiger partial charge in [-0.15, -0.1) is 0 Å². The van der Waals surface area contributed by atoms with Crippen LogP contribution in [0.2, 0.25) is 0 Å². The van der Waals surface area contributed by atoms with Crippen LogP contribution in [0, 0.1) is 37.3 Å². The first kappa shape index (κ1) is 18.4. The van der Waals surface area contributed by atoms with Crippen molar-refractivity contribution >= 4 is 0 Å². The van der Waals surface area contributed by atoms with Gasteiger partial charge in [0.05, 0.1) is 5.56 Å². The molecule has 0 radical (unpaired) electrons. The fraction of sp³-hybridized carbons (Fsp3) is 0.130. The third-order valence-corrected chi connectivity index (χ3v) is 3.89. The van der Waals surface area contributed by atoms with Crippen molar-refractivity contribution in [3.05, 3.63) is 94.6 Å². The van der Waals surface area contributed by atoms with E-state index < -0.39 is 11.6 Å². The number of rotatable bonds is 1. The van der Waals surface area contributed by atoms with E-state index >= 15 is 0 Å². The minimum Gasteiger partial charge on any atom is -0.203 e. The predicted octanol–water partition coefficient (Wildman–Crippen LogP) is 6.28. The molecule has 0 aliphatic rings. The summed E-state index contributed by atoms with van der Waals surface area (Å²) in [6, 6.07) is 19.0. The molecule has 0 nitrogen and oxygen atoms in total. The van der Waals surface area contributed by atoms with Crippen LogP contribution in [0.4, 0.5) is 8.78 Å². The lowest BCUT2D eigenvalue weighted by Crippen LogP contribution is -1.92. The molecule has 126 valence electrons. The summed E-state index contributed by atoms with van der Waals surface area (Å²) in [6.45, 7) is 3.58. The molecule has 0 saturated heterocycles. The molecule has 0 N–H and O–H groups in total. The zero-order chi connectivity index (χ0) is 17.1. The number of hydrogen-bond donors (Lipinski definition) is 0. The summed E-state index contributed by atoms with van der Waals surface area (Å²) >= 11 is 0. The SMILES string of the molecule is C.Cc1ccc(-c2ccc(C#Cc3ccc(C)c(F)c3F)cc2)cc1. The monoisotopic (exact) mass is 334 g/mol. The van der Waals surface area contributed by atoms with Crippen LogP contribution < -0.4 is 0 Å². The van der Waals surface area contributed by atoms with Gasteiger partial charge in [-0.25, -0.2) is 8.78 Å². The van der Waals surface area contributed by atoms with Crippen LogP contribution in [0.1, 0.15) is 29.7 Å². The number of hydrogen-bond acceptors (Lipinski definition) is 0. The molecule has 3 aromatic rings. The van der Waals surface area contributed by atoms with Crippen molar-refractivity contribution in [2.75, 3.05) is 0 Å². The van der Waals surface area contributed by atoms with Crippen LogP contribution in [-0.4, -0.2) is 0 Å². The van der Waals surface area contributed by atoms with Crippen LogP contribution in [0.15, 0.2) is 60.7 Å². The molecule has 3 aromatic carbocycles. The van der Waals surface area contributed by atoms with Crippen LogP contribution in [0.25, 0.3) is 11.1 Å². The van der Waals surface area contributed by atoms with Gasteiger partial charge in [0.2, 0.25) is 0 Å². The molecule has 0 aliphatic heterocycles. The van der Waals surface area contributed by atoms with E-state index in [9.17, 15) is 8.78 Å². The number of benzene rings is 3. The highest BCUT2D eigenvalue weighted by molar-refractivity contribution is 5.64. The molecule has 0 fully saturated rings. The van der Waals surface area contributed by atoms with E-state index in [1.165, 1.54) is 24.6 Å². The maximum absolute atomic E-state index is 13.8. The Bertz CT molecular complexity index is 925. The summed E-state index contributed by atoms with van der Waals surface area (Å²) in [5, 5.41) is 0. The lowest BCUT2D eigenvalue weighted by atomic mass is 10.0. The largest absolute Gasteiger partial charge is 0.203 e. The highest BCUT2D eigenvalue weighted by atomic mass is 19.2. The van der Waals surface area contributed by atoms with Gasteiger partial charge in [-0.2, -0.15) is 0 Å². The molecule has 25 heavy (non-hydrogen) atoms. The third kappa shape index (κ3) is 4.14. The molecule has 0 unspecified atom stereocenters. The smallest absolute Gasteiger partial charge is 0.174 e. The molecule has 0 aliphatic carbocycles. The van der Waals surface area contributed by atoms with Crippen molar-refractivity contribution in [2.45, 2.75) is 21.3 Å². The van der Waals surface area contributed by atoms with E-state index in [1.54, 1.807) is 0 Å². The maximum atomic E-state index is 13.8. The zero-order valence-corrected chi connectivity index (χ0v) is 13.5. The third-order valence-electron chi connectivity index (χ3n) is 3.89. The zero-order valence-electron chi connectivity index (χ0n) is 13.5. The van der Waals surface area contributed by atoms with Crippen LogP contribution >= 0.6 is 0 Å². The molecule has 0 saturated carbocycles. The van der Waals surface area contributed by atoms with Crippen molar-refractivity contribution in [3.8, 4) is 23.0 Å². The van der Waals surface area contributed by atoms with E-state index in [0.717, 1.165) is 16.7 Å². The fourth-order valence-electron chi connectivity index (χ4n) is 2.37. The van der Waals surface area contributed by atoms with Crippen LogP contribution in [0.3, 0.4) is 0 Å². The molecule has 0 heterocycles. The van der Waals surface area contributed by atoms with E-state index in [4.69, 9.17) is 0 Å². The summed E-state index contributed by atoms with van der Waals surface area (Å²) in [7, 11) is 0. The first-order chi connectivity index (χ1) is 11.5. The molecule has 0 atom stereocenters. The van der Waals surface area contributed by atoms with Crippen LogP contribution in [-0.2, 0) is 0 Å². The average molecular weight is 334 g/mol. The molecular formula is C23H20F2. The van der Waals surface area contributed by atoms with Gasteiger partial charge in [0, 0.05) is 5.56 Å². The Morgan fingerprint density at radius 2 is 1.20 bits per heavy atom. The Morgan fingerprint density at radius 1 is 0.640 bits per heavy atom. The Kier molecular flexibility index (Phi) is 5.72. The van der Waals surface area contributed by atoms with Gasteiger partial charge >= 0.3 is 0 Å². The predicted molar refractivity (Wildman–Crippen MR) is 100 cm³/mol. The second-order valence-corrected chi connectivity index (χ2v) is 5.75. The topological polar surface area (TPSA) is 0 Å². The highest BCUT2D eigenvalue weighted by Gasteiger charge is 2.08. The Labute approximate surface area is 148 Å². The van der Waals surface area contributed by atoms with Crippen molar-refractivity contribution in [1.82, 2.24) is 0 Å². The molecule has 2 heteroatoms. The van der Waals surface area contributed by atoms with Gasteiger partial charge in [-0.1, -0.05) is 67.3 Å². The highest BCUT2D eigenvalue weighted by Crippen LogP contribution is 2.20. The van der Waals surface area contributed by atoms with Crippen LogP contribution in [0.5, 0.6) is 0 Å². The van der Waals surface area contributed by atoms with Crippen molar-refractivity contribution in [1.29, 1.82) is 0 Å². The van der Waals surface area contributed by atoms with Gasteiger partial charge in [0.1, 0.15) is 0 Å². The Morgan fingerprint density at radius 3 is 1.80 bits per heavy atom. The summed E-state index contributed by atoms with van der Waals surface area (Å²) in [4.78, 5) is 0. The second-order valence-electron chi connectivity index (χ2n) is 5.75. The molecule has 0 amide bonds. The quantitative estimate of drug-likeness (QED) is 0.459. The van der Waals surface area contributed by atoms with E-state index in [0.29, 0.717) is 0 Å². The summed E-state index contributed by atoms with van der Waals surface area (Å²) in [5.74, 6) is 3.85. The minimum absolute atomic E-state index is 0. The molecule has 0 aromatic heterocycles. The van der Waals surface area contributed by atoms with Gasteiger partial charge < -0.3 is 0 Å². The van der Waals surface area contributed by atoms with E-state index in [-0.39, 0.29) is 18.6 Å². The van der Waals surface area contributed by atoms with Gasteiger partial charge in [0.25, 0.3) is 0 Å². The number of halogens is 2. The lowest BCUT2D eigenvalue weighted by Gasteiger charge is -2.02. The molecule has 3 rings (SSSR count). The minimum atomic E-state index is -0.890. The standard InChI is InChI=1S/C22H16F2.CH4/c1-15-3-9-18(10-4-15)19-12-6-17(7-13-19)8-14-20-11-5-16(2)21(23)22(20)24;/h3-7,9-13H,1-2H3;1H4. The summed E-state index contributed by atoms with van der Waals surface area (Å²) < 4.78 is 27.3. The summed E-state index contributed by atoms with van der Waals surface area (Å²) in [6.07, 6.45) is 0. The second kappa shape index (κ2) is 7.77. The van der Waals surface area contributed by atoms with E-state index in [1.807, 2.05) is 24.3 Å². The fourth-order valence-corrected chi connectivity index (χ4v) is 2.37. The van der Waals surface area contributed by atoms with Crippen molar-refractivity contribution < 1.29 is 8.78 Å². The van der Waals surface area contributed by atoms with Gasteiger partial charge in [0.15, 0.2) is 11.6 Å². The normalized spacial score (nSPS) is 9.76. The average Bonchev–Trinajstić information content (AvgIpc) is 2.60. The maximum Gasteiger partial charge on any atom is 0.174 e. The summed E-state index contributed by atoms with van der Waals surface area (Å²) in [5.41, 5.74) is 4.54. The molecule has 0 spiro atoms. The number of aryl methyl sites for hydroxylation is 2. The Balaban J connectivity index is 0.00000225.